The number of ether oxygens (including phenoxy) is 1. The fourth-order valence-electron chi connectivity index (χ4n) is 5.24. The van der Waals surface area contributed by atoms with E-state index in [9.17, 15) is 18.0 Å². The molecule has 0 saturated heterocycles. The Labute approximate surface area is 257 Å². The Balaban J connectivity index is 1.73. The normalized spacial score (nSPS) is 14.3. The number of para-hydroxylation sites is 2. The molecule has 0 unspecified atom stereocenters. The van der Waals surface area contributed by atoms with Crippen LogP contribution in [0.5, 0.6) is 5.75 Å². The average molecular weight is 657 g/mol. The highest BCUT2D eigenvalue weighted by Crippen LogP contribution is 2.30. The number of sulfonamides is 1. The van der Waals surface area contributed by atoms with E-state index in [1.54, 1.807) is 24.3 Å². The van der Waals surface area contributed by atoms with Crippen LogP contribution in [0.4, 0.5) is 5.69 Å². The summed E-state index contributed by atoms with van der Waals surface area (Å²) in [4.78, 5) is 29.7. The summed E-state index contributed by atoms with van der Waals surface area (Å²) >= 11 is 3.46. The number of carbonyl (C=O) groups excluding carboxylic acids is 2. The summed E-state index contributed by atoms with van der Waals surface area (Å²) in [5.41, 5.74) is 1.99. The zero-order valence-corrected chi connectivity index (χ0v) is 26.4. The minimum Gasteiger partial charge on any atom is -0.492 e. The van der Waals surface area contributed by atoms with Crippen LogP contribution in [-0.2, 0) is 32.6 Å². The van der Waals surface area contributed by atoms with Crippen molar-refractivity contribution < 1.29 is 22.7 Å². The Morgan fingerprint density at radius 3 is 2.24 bits per heavy atom. The van der Waals surface area contributed by atoms with Gasteiger partial charge in [0.1, 0.15) is 18.3 Å². The van der Waals surface area contributed by atoms with Crippen LogP contribution in [-0.4, -0.2) is 56.6 Å². The number of rotatable bonds is 13. The Morgan fingerprint density at radius 2 is 1.60 bits per heavy atom. The Morgan fingerprint density at radius 1 is 0.952 bits per heavy atom. The molecule has 1 aliphatic rings. The zero-order valence-electron chi connectivity index (χ0n) is 24.0. The summed E-state index contributed by atoms with van der Waals surface area (Å²) in [5.74, 6) is -0.369. The second kappa shape index (κ2) is 14.7. The molecule has 0 radical (unpaired) electrons. The molecule has 10 heteroatoms. The number of hydrogen-bond acceptors (Lipinski definition) is 5. The van der Waals surface area contributed by atoms with E-state index < -0.39 is 28.5 Å². The minimum atomic E-state index is -3.89. The Kier molecular flexibility index (Phi) is 11.0. The molecule has 1 aliphatic carbocycles. The van der Waals surface area contributed by atoms with Gasteiger partial charge in [-0.25, -0.2) is 8.42 Å². The number of nitrogens with one attached hydrogen (secondary N) is 1. The molecule has 4 rings (SSSR count). The lowest BCUT2D eigenvalue weighted by molar-refractivity contribution is -0.140. The number of benzene rings is 3. The maximum atomic E-state index is 14.3. The third kappa shape index (κ3) is 8.58. The zero-order chi connectivity index (χ0) is 30.1. The number of halogens is 1. The molecule has 1 fully saturated rings. The molecule has 1 saturated carbocycles. The predicted molar refractivity (Wildman–Crippen MR) is 169 cm³/mol. The summed E-state index contributed by atoms with van der Waals surface area (Å²) in [6.45, 7) is 1.79. The van der Waals surface area contributed by atoms with Crippen molar-refractivity contribution in [3.05, 3.63) is 94.5 Å². The molecule has 3 aromatic rings. The molecule has 8 nitrogen and oxygen atoms in total. The first-order valence-corrected chi connectivity index (χ1v) is 16.9. The average Bonchev–Trinajstić information content (AvgIpc) is 3.48. The quantitative estimate of drug-likeness (QED) is 0.269. The molecule has 224 valence electrons. The topological polar surface area (TPSA) is 96.0 Å². The number of hydrogen-bond donors (Lipinski definition) is 1. The fraction of sp³-hybridized carbons (Fsp3) is 0.375. The van der Waals surface area contributed by atoms with E-state index in [0.29, 0.717) is 12.4 Å². The van der Waals surface area contributed by atoms with Gasteiger partial charge >= 0.3 is 0 Å². The third-order valence-corrected chi connectivity index (χ3v) is 9.01. The number of carbonyl (C=O) groups is 2. The van der Waals surface area contributed by atoms with Crippen LogP contribution in [0.1, 0.15) is 43.7 Å². The second-order valence-corrected chi connectivity index (χ2v) is 13.3. The van der Waals surface area contributed by atoms with Gasteiger partial charge in [-0.15, -0.1) is 0 Å². The van der Waals surface area contributed by atoms with Crippen LogP contribution >= 0.6 is 15.9 Å². The molecule has 42 heavy (non-hydrogen) atoms. The molecule has 0 aliphatic heterocycles. The molecule has 1 N–H and O–H groups in total. The highest BCUT2D eigenvalue weighted by Gasteiger charge is 2.34. The summed E-state index contributed by atoms with van der Waals surface area (Å²) in [6, 6.07) is 23.0. The van der Waals surface area contributed by atoms with Crippen LogP contribution < -0.4 is 14.4 Å². The lowest BCUT2D eigenvalue weighted by Crippen LogP contribution is -2.54. The number of nitrogens with zero attached hydrogens (tertiary/aromatic N) is 2. The largest absolute Gasteiger partial charge is 0.492 e. The molecule has 3 aromatic carbocycles. The van der Waals surface area contributed by atoms with E-state index in [-0.39, 0.29) is 30.6 Å². The molecule has 2 amide bonds. The summed E-state index contributed by atoms with van der Waals surface area (Å²) in [6.07, 6.45) is 5.27. The smallest absolute Gasteiger partial charge is 0.244 e. The molecular weight excluding hydrogens is 618 g/mol. The van der Waals surface area contributed by atoms with Crippen LogP contribution in [0, 0.1) is 0 Å². The van der Waals surface area contributed by atoms with Gasteiger partial charge in [-0.2, -0.15) is 0 Å². The van der Waals surface area contributed by atoms with Gasteiger partial charge in [0.05, 0.1) is 18.6 Å². The van der Waals surface area contributed by atoms with Crippen molar-refractivity contribution in [1.82, 2.24) is 10.2 Å². The van der Waals surface area contributed by atoms with Crippen molar-refractivity contribution in [2.24, 2.45) is 0 Å². The molecular formula is C32H38BrN3O5S. The molecule has 0 heterocycles. The summed E-state index contributed by atoms with van der Waals surface area (Å²) in [5, 5.41) is 3.18. The predicted octanol–water partition coefficient (Wildman–Crippen LogP) is 5.31. The van der Waals surface area contributed by atoms with Crippen LogP contribution in [0.15, 0.2) is 83.3 Å². The van der Waals surface area contributed by atoms with E-state index in [1.807, 2.05) is 61.5 Å². The first-order valence-electron chi connectivity index (χ1n) is 14.2. The highest BCUT2D eigenvalue weighted by atomic mass is 79.9. The number of anilines is 1. The standard InChI is InChI=1S/C32H38BrN3O5S/c1-3-41-30-16-10-9-15-28(30)36(42(2,39)40)23-31(37)35(22-25-17-19-26(33)20-18-25)29(21-24-11-5-4-6-12-24)32(38)34-27-13-7-8-14-27/h4-6,9-12,15-20,27,29H,3,7-8,13-14,21-23H2,1-2H3,(H,34,38)/t29-/m1/s1. The van der Waals surface area contributed by atoms with E-state index in [1.165, 1.54) is 4.90 Å². The highest BCUT2D eigenvalue weighted by molar-refractivity contribution is 9.10. The van der Waals surface area contributed by atoms with Crippen LogP contribution in [0.2, 0.25) is 0 Å². The van der Waals surface area contributed by atoms with E-state index in [4.69, 9.17) is 4.74 Å². The minimum absolute atomic E-state index is 0.0611. The molecule has 1 atom stereocenters. The Hall–Kier alpha value is -3.37. The second-order valence-electron chi connectivity index (χ2n) is 10.5. The SMILES string of the molecule is CCOc1ccccc1N(CC(=O)N(Cc1ccc(Br)cc1)[C@H](Cc1ccccc1)C(=O)NC1CCCC1)S(C)(=O)=O. The van der Waals surface area contributed by atoms with E-state index in [2.05, 4.69) is 21.2 Å². The first kappa shape index (κ1) is 31.6. The molecule has 0 spiro atoms. The maximum absolute atomic E-state index is 14.3. The lowest BCUT2D eigenvalue weighted by Gasteiger charge is -2.34. The van der Waals surface area contributed by atoms with Gasteiger partial charge in [0, 0.05) is 23.5 Å². The van der Waals surface area contributed by atoms with Crippen LogP contribution in [0.25, 0.3) is 0 Å². The van der Waals surface area contributed by atoms with Gasteiger partial charge in [0.2, 0.25) is 21.8 Å². The van der Waals surface area contributed by atoms with Crippen LogP contribution in [0.3, 0.4) is 0 Å². The number of amides is 2. The summed E-state index contributed by atoms with van der Waals surface area (Å²) in [7, 11) is -3.89. The van der Waals surface area contributed by atoms with E-state index in [0.717, 1.165) is 51.8 Å². The van der Waals surface area contributed by atoms with Crippen molar-refractivity contribution in [2.45, 2.75) is 57.7 Å². The Bertz CT molecular complexity index is 1440. The fourth-order valence-corrected chi connectivity index (χ4v) is 6.36. The van der Waals surface area contributed by atoms with Gasteiger partial charge in [-0.05, 0) is 55.2 Å². The lowest BCUT2D eigenvalue weighted by atomic mass is 10.0. The van der Waals surface area contributed by atoms with Gasteiger partial charge < -0.3 is 15.0 Å². The van der Waals surface area contributed by atoms with Gasteiger partial charge in [0.25, 0.3) is 0 Å². The van der Waals surface area contributed by atoms with Gasteiger partial charge in [0.15, 0.2) is 0 Å². The third-order valence-electron chi connectivity index (χ3n) is 7.35. The van der Waals surface area contributed by atoms with Crippen molar-refractivity contribution in [2.75, 3.05) is 23.7 Å². The van der Waals surface area contributed by atoms with Crippen molar-refractivity contribution in [3.63, 3.8) is 0 Å². The molecule has 0 bridgehead atoms. The van der Waals surface area contributed by atoms with Crippen molar-refractivity contribution in [3.8, 4) is 5.75 Å². The first-order chi connectivity index (χ1) is 20.2. The van der Waals surface area contributed by atoms with Crippen molar-refractivity contribution >= 4 is 43.5 Å². The van der Waals surface area contributed by atoms with Gasteiger partial charge in [-0.1, -0.05) is 83.4 Å². The maximum Gasteiger partial charge on any atom is 0.244 e. The molecule has 0 aromatic heterocycles. The monoisotopic (exact) mass is 655 g/mol. The summed E-state index contributed by atoms with van der Waals surface area (Å²) < 4.78 is 33.8. The van der Waals surface area contributed by atoms with Gasteiger partial charge in [-0.3, -0.25) is 13.9 Å². The van der Waals surface area contributed by atoms with Crippen molar-refractivity contribution in [1.29, 1.82) is 0 Å². The van der Waals surface area contributed by atoms with E-state index >= 15 is 0 Å².